The first kappa shape index (κ1) is 15.5. The van der Waals surface area contributed by atoms with E-state index in [1.54, 1.807) is 6.20 Å². The molecule has 24 heavy (non-hydrogen) atoms. The molecule has 0 saturated carbocycles. The first-order valence-corrected chi connectivity index (χ1v) is 8.91. The molecule has 0 fully saturated rings. The average Bonchev–Trinajstić information content (AvgIpc) is 2.61. The molecular formula is C19H18BrN3O. The van der Waals surface area contributed by atoms with E-state index < -0.39 is 0 Å². The molecule has 5 heteroatoms. The van der Waals surface area contributed by atoms with Crippen molar-refractivity contribution in [3.8, 4) is 5.75 Å². The molecule has 0 amide bonds. The van der Waals surface area contributed by atoms with Gasteiger partial charge in [-0.2, -0.15) is 0 Å². The van der Waals surface area contributed by atoms with Gasteiger partial charge in [0.2, 0.25) is 0 Å². The number of para-hydroxylation sites is 1. The van der Waals surface area contributed by atoms with Gasteiger partial charge in [0.15, 0.2) is 5.65 Å². The number of halogens is 1. The van der Waals surface area contributed by atoms with E-state index in [1.165, 1.54) is 11.3 Å². The van der Waals surface area contributed by atoms with Gasteiger partial charge in [0.1, 0.15) is 12.4 Å². The maximum Gasteiger partial charge on any atom is 0.159 e. The number of ether oxygens (including phenoxy) is 1. The molecule has 0 aliphatic carbocycles. The second-order valence-corrected chi connectivity index (χ2v) is 6.90. The number of nitrogens with zero attached hydrogens (tertiary/aromatic N) is 3. The predicted octanol–water partition coefficient (Wildman–Crippen LogP) is 3.83. The van der Waals surface area contributed by atoms with Crippen molar-refractivity contribution in [3.05, 3.63) is 64.4 Å². The lowest BCUT2D eigenvalue weighted by Gasteiger charge is -2.28. The number of pyridine rings is 2. The maximum absolute atomic E-state index is 5.81. The van der Waals surface area contributed by atoms with Crippen LogP contribution < -0.4 is 4.74 Å². The summed E-state index contributed by atoms with van der Waals surface area (Å²) in [6.45, 7) is 3.56. The van der Waals surface area contributed by atoms with Crippen molar-refractivity contribution in [2.24, 2.45) is 0 Å². The highest BCUT2D eigenvalue weighted by molar-refractivity contribution is 9.10. The fourth-order valence-corrected chi connectivity index (χ4v) is 3.40. The van der Waals surface area contributed by atoms with Gasteiger partial charge in [-0.25, -0.2) is 9.97 Å². The molecule has 0 spiro atoms. The molecule has 0 bridgehead atoms. The van der Waals surface area contributed by atoms with Crippen LogP contribution in [0.5, 0.6) is 5.75 Å². The van der Waals surface area contributed by atoms with Crippen molar-refractivity contribution < 1.29 is 4.74 Å². The van der Waals surface area contributed by atoms with Crippen LogP contribution in [0.25, 0.3) is 11.0 Å². The molecule has 3 heterocycles. The van der Waals surface area contributed by atoms with Crippen LogP contribution in [-0.4, -0.2) is 34.6 Å². The summed E-state index contributed by atoms with van der Waals surface area (Å²) in [5.74, 6) is 0.929. The number of benzene rings is 1. The standard InChI is InChI=1S/C19H18BrN3O/c20-16-11-14-10-15-13-23(7-6-18(15)22-19(14)21-12-16)8-9-24-17-4-2-1-3-5-17/h1-5,10-12H,6-9,13H2. The zero-order valence-electron chi connectivity index (χ0n) is 13.3. The van der Waals surface area contributed by atoms with Crippen molar-refractivity contribution in [3.63, 3.8) is 0 Å². The Kier molecular flexibility index (Phi) is 4.45. The predicted molar refractivity (Wildman–Crippen MR) is 98.2 cm³/mol. The molecule has 0 atom stereocenters. The number of rotatable bonds is 4. The van der Waals surface area contributed by atoms with Crippen LogP contribution in [-0.2, 0) is 13.0 Å². The topological polar surface area (TPSA) is 38.2 Å². The first-order valence-electron chi connectivity index (χ1n) is 8.12. The second kappa shape index (κ2) is 6.87. The number of hydrogen-bond acceptors (Lipinski definition) is 4. The third-order valence-corrected chi connectivity index (χ3v) is 4.71. The average molecular weight is 384 g/mol. The van der Waals surface area contributed by atoms with Gasteiger partial charge in [0.05, 0.1) is 0 Å². The fourth-order valence-electron chi connectivity index (χ4n) is 3.06. The van der Waals surface area contributed by atoms with Crippen LogP contribution in [0.15, 0.2) is 53.1 Å². The summed E-state index contributed by atoms with van der Waals surface area (Å²) in [4.78, 5) is 11.5. The van der Waals surface area contributed by atoms with Gasteiger partial charge in [0.25, 0.3) is 0 Å². The van der Waals surface area contributed by atoms with E-state index in [-0.39, 0.29) is 0 Å². The summed E-state index contributed by atoms with van der Waals surface area (Å²) >= 11 is 3.48. The second-order valence-electron chi connectivity index (χ2n) is 5.98. The smallest absolute Gasteiger partial charge is 0.159 e. The van der Waals surface area contributed by atoms with E-state index in [4.69, 9.17) is 9.72 Å². The van der Waals surface area contributed by atoms with Gasteiger partial charge in [-0.05, 0) is 45.8 Å². The lowest BCUT2D eigenvalue weighted by atomic mass is 10.0. The summed E-state index contributed by atoms with van der Waals surface area (Å²) < 4.78 is 6.80. The molecule has 1 aromatic carbocycles. The van der Waals surface area contributed by atoms with Crippen LogP contribution >= 0.6 is 15.9 Å². The summed E-state index contributed by atoms with van der Waals surface area (Å²) in [6.07, 6.45) is 2.77. The van der Waals surface area contributed by atoms with E-state index in [0.29, 0.717) is 6.61 Å². The van der Waals surface area contributed by atoms with Gasteiger partial charge in [0, 0.05) is 47.8 Å². The largest absolute Gasteiger partial charge is 0.492 e. The first-order chi connectivity index (χ1) is 11.8. The van der Waals surface area contributed by atoms with Crippen LogP contribution in [0.4, 0.5) is 0 Å². The Morgan fingerprint density at radius 3 is 2.92 bits per heavy atom. The van der Waals surface area contributed by atoms with E-state index in [2.05, 4.69) is 37.9 Å². The van der Waals surface area contributed by atoms with E-state index in [1.807, 2.05) is 30.3 Å². The van der Waals surface area contributed by atoms with Crippen molar-refractivity contribution in [1.82, 2.24) is 14.9 Å². The highest BCUT2D eigenvalue weighted by atomic mass is 79.9. The van der Waals surface area contributed by atoms with Gasteiger partial charge in [-0.1, -0.05) is 18.2 Å². The molecule has 1 aliphatic rings. The fraction of sp³-hybridized carbons (Fsp3) is 0.263. The van der Waals surface area contributed by atoms with Gasteiger partial charge in [-0.3, -0.25) is 4.90 Å². The highest BCUT2D eigenvalue weighted by Crippen LogP contribution is 2.23. The molecular weight excluding hydrogens is 366 g/mol. The van der Waals surface area contributed by atoms with Crippen molar-refractivity contribution in [1.29, 1.82) is 0 Å². The van der Waals surface area contributed by atoms with Crippen molar-refractivity contribution in [2.75, 3.05) is 19.7 Å². The number of hydrogen-bond donors (Lipinski definition) is 0. The lowest BCUT2D eigenvalue weighted by Crippen LogP contribution is -2.34. The zero-order chi connectivity index (χ0) is 16.4. The molecule has 4 nitrogen and oxygen atoms in total. The number of fused-ring (bicyclic) bond motifs is 2. The van der Waals surface area contributed by atoms with E-state index in [9.17, 15) is 0 Å². The summed E-state index contributed by atoms with van der Waals surface area (Å²) in [5.41, 5.74) is 3.31. The lowest BCUT2D eigenvalue weighted by molar-refractivity contribution is 0.195. The third kappa shape index (κ3) is 3.42. The minimum Gasteiger partial charge on any atom is -0.492 e. The summed E-state index contributed by atoms with van der Waals surface area (Å²) in [6, 6.07) is 14.3. The quantitative estimate of drug-likeness (QED) is 0.686. The van der Waals surface area contributed by atoms with E-state index >= 15 is 0 Å². The van der Waals surface area contributed by atoms with Crippen LogP contribution in [0.3, 0.4) is 0 Å². The van der Waals surface area contributed by atoms with Crippen LogP contribution in [0, 0.1) is 0 Å². The third-order valence-electron chi connectivity index (χ3n) is 4.28. The monoisotopic (exact) mass is 383 g/mol. The van der Waals surface area contributed by atoms with Gasteiger partial charge < -0.3 is 4.74 Å². The van der Waals surface area contributed by atoms with Crippen molar-refractivity contribution >= 4 is 27.0 Å². The molecule has 4 rings (SSSR count). The Balaban J connectivity index is 1.43. The van der Waals surface area contributed by atoms with Crippen LogP contribution in [0.2, 0.25) is 0 Å². The van der Waals surface area contributed by atoms with Crippen molar-refractivity contribution in [2.45, 2.75) is 13.0 Å². The molecule has 1 aliphatic heterocycles. The molecule has 3 aromatic rings. The Bertz CT molecular complexity index is 854. The Labute approximate surface area is 149 Å². The van der Waals surface area contributed by atoms with Crippen LogP contribution in [0.1, 0.15) is 11.3 Å². The molecule has 0 N–H and O–H groups in total. The highest BCUT2D eigenvalue weighted by Gasteiger charge is 2.18. The minimum absolute atomic E-state index is 0.702. The molecule has 122 valence electrons. The Morgan fingerprint density at radius 1 is 1.17 bits per heavy atom. The Morgan fingerprint density at radius 2 is 2.04 bits per heavy atom. The normalized spacial score (nSPS) is 14.5. The minimum atomic E-state index is 0.702. The molecule has 0 saturated heterocycles. The molecule has 0 unspecified atom stereocenters. The molecule has 0 radical (unpaired) electrons. The number of aromatic nitrogens is 2. The van der Waals surface area contributed by atoms with Gasteiger partial charge >= 0.3 is 0 Å². The van der Waals surface area contributed by atoms with E-state index in [0.717, 1.165) is 47.3 Å². The summed E-state index contributed by atoms with van der Waals surface area (Å²) in [5, 5.41) is 1.09. The Hall–Kier alpha value is -1.98. The molecule has 2 aromatic heterocycles. The van der Waals surface area contributed by atoms with Gasteiger partial charge in [-0.15, -0.1) is 0 Å². The maximum atomic E-state index is 5.81. The summed E-state index contributed by atoms with van der Waals surface area (Å²) in [7, 11) is 0. The zero-order valence-corrected chi connectivity index (χ0v) is 14.9. The SMILES string of the molecule is Brc1cnc2nc3c(cc2c1)CN(CCOc1ccccc1)CC3.